The number of nitrogens with zero attached hydrogens (tertiary/aromatic N) is 1. The van der Waals surface area contributed by atoms with Gasteiger partial charge in [-0.1, -0.05) is 0 Å². The summed E-state index contributed by atoms with van der Waals surface area (Å²) in [7, 11) is -2.46. The van der Waals surface area contributed by atoms with E-state index in [0.717, 1.165) is 11.3 Å². The van der Waals surface area contributed by atoms with Crippen LogP contribution in [0, 0.1) is 6.92 Å². The first-order valence-electron chi connectivity index (χ1n) is 6.70. The summed E-state index contributed by atoms with van der Waals surface area (Å²) in [6.07, 6.45) is 0. The summed E-state index contributed by atoms with van der Waals surface area (Å²) in [5.74, 6) is -0.609. The Labute approximate surface area is 129 Å². The Morgan fingerprint density at radius 2 is 2.14 bits per heavy atom. The first-order chi connectivity index (χ1) is 9.78. The van der Waals surface area contributed by atoms with E-state index in [-0.39, 0.29) is 21.9 Å². The number of rotatable bonds is 3. The normalized spacial score (nSPS) is 24.0. The van der Waals surface area contributed by atoms with Crippen molar-refractivity contribution in [3.63, 3.8) is 0 Å². The number of esters is 1. The zero-order chi connectivity index (χ0) is 15.8. The number of ether oxygens (including phenoxy) is 1. The van der Waals surface area contributed by atoms with Crippen molar-refractivity contribution in [2.45, 2.75) is 37.8 Å². The first-order valence-corrected chi connectivity index (χ1v) is 9.02. The minimum atomic E-state index is -3.71. The molecule has 1 aliphatic heterocycles. The van der Waals surface area contributed by atoms with Crippen LogP contribution in [0.15, 0.2) is 10.3 Å². The number of hydrogen-bond donors (Lipinski definition) is 1. The lowest BCUT2D eigenvalue weighted by atomic mass is 10.2. The molecule has 1 aromatic rings. The minimum absolute atomic E-state index is 0.0801. The number of piperazine rings is 1. The van der Waals surface area contributed by atoms with Crippen molar-refractivity contribution in [3.8, 4) is 0 Å². The van der Waals surface area contributed by atoms with E-state index in [2.05, 4.69) is 5.32 Å². The van der Waals surface area contributed by atoms with E-state index in [0.29, 0.717) is 18.7 Å². The monoisotopic (exact) mass is 332 g/mol. The lowest BCUT2D eigenvalue weighted by molar-refractivity contribution is 0.0602. The van der Waals surface area contributed by atoms with Gasteiger partial charge in [-0.05, 0) is 31.7 Å². The van der Waals surface area contributed by atoms with Crippen molar-refractivity contribution >= 4 is 27.3 Å². The molecule has 1 N–H and O–H groups in total. The van der Waals surface area contributed by atoms with Crippen LogP contribution in [-0.4, -0.2) is 51.0 Å². The molecule has 1 aliphatic rings. The maximum atomic E-state index is 13.0. The van der Waals surface area contributed by atoms with Gasteiger partial charge in [-0.25, -0.2) is 13.2 Å². The lowest BCUT2D eigenvalue weighted by Gasteiger charge is -2.36. The van der Waals surface area contributed by atoms with E-state index in [9.17, 15) is 13.2 Å². The van der Waals surface area contributed by atoms with E-state index >= 15 is 0 Å². The molecule has 2 heterocycles. The molecule has 8 heteroatoms. The van der Waals surface area contributed by atoms with Gasteiger partial charge in [0.2, 0.25) is 10.0 Å². The minimum Gasteiger partial charge on any atom is -0.465 e. The second kappa shape index (κ2) is 6.04. The maximum absolute atomic E-state index is 13.0. The molecule has 2 unspecified atom stereocenters. The van der Waals surface area contributed by atoms with Crippen LogP contribution in [0.5, 0.6) is 0 Å². The second-order valence-electron chi connectivity index (χ2n) is 5.30. The molecule has 0 radical (unpaired) electrons. The van der Waals surface area contributed by atoms with Crippen LogP contribution < -0.4 is 5.32 Å². The first kappa shape index (κ1) is 16.4. The van der Waals surface area contributed by atoms with Gasteiger partial charge in [0.15, 0.2) is 0 Å². The molecule has 0 spiro atoms. The fourth-order valence-corrected chi connectivity index (χ4v) is 5.81. The van der Waals surface area contributed by atoms with Gasteiger partial charge in [-0.3, -0.25) is 0 Å². The highest BCUT2D eigenvalue weighted by atomic mass is 32.2. The largest absolute Gasteiger partial charge is 0.465 e. The van der Waals surface area contributed by atoms with E-state index < -0.39 is 16.0 Å². The third-order valence-corrected chi connectivity index (χ3v) is 6.94. The van der Waals surface area contributed by atoms with E-state index in [1.54, 1.807) is 12.3 Å². The van der Waals surface area contributed by atoms with Gasteiger partial charge in [0.25, 0.3) is 0 Å². The quantitative estimate of drug-likeness (QED) is 0.842. The molecule has 1 saturated heterocycles. The highest BCUT2D eigenvalue weighted by molar-refractivity contribution is 7.89. The molecule has 0 amide bonds. The van der Waals surface area contributed by atoms with Crippen LogP contribution in [0.25, 0.3) is 0 Å². The van der Waals surface area contributed by atoms with Gasteiger partial charge in [-0.15, -0.1) is 11.3 Å². The number of methoxy groups -OCH3 is 1. The van der Waals surface area contributed by atoms with E-state index in [1.807, 2.05) is 13.8 Å². The lowest BCUT2D eigenvalue weighted by Crippen LogP contribution is -2.56. The molecular formula is C13H20N2O4S2. The van der Waals surface area contributed by atoms with Gasteiger partial charge in [0.05, 0.1) is 7.11 Å². The van der Waals surface area contributed by atoms with E-state index in [1.165, 1.54) is 11.4 Å². The third kappa shape index (κ3) is 2.98. The molecule has 1 aromatic heterocycles. The Morgan fingerprint density at radius 1 is 1.48 bits per heavy atom. The summed E-state index contributed by atoms with van der Waals surface area (Å²) in [6, 6.07) is -0.0764. The van der Waals surface area contributed by atoms with Crippen LogP contribution in [0.3, 0.4) is 0 Å². The Bertz CT molecular complexity index is 639. The number of hydrogen-bond acceptors (Lipinski definition) is 6. The molecule has 2 atom stereocenters. The van der Waals surface area contributed by atoms with E-state index in [4.69, 9.17) is 4.74 Å². The Morgan fingerprint density at radius 3 is 2.76 bits per heavy atom. The summed E-state index contributed by atoms with van der Waals surface area (Å²) < 4.78 is 32.1. The van der Waals surface area contributed by atoms with Crippen LogP contribution in [0.4, 0.5) is 0 Å². The molecular weight excluding hydrogens is 312 g/mol. The summed E-state index contributed by atoms with van der Waals surface area (Å²) in [6.45, 7) is 6.48. The summed E-state index contributed by atoms with van der Waals surface area (Å²) in [5, 5.41) is 4.92. The molecule has 1 fully saturated rings. The van der Waals surface area contributed by atoms with Gasteiger partial charge in [0.1, 0.15) is 9.77 Å². The molecule has 2 rings (SSSR count). The van der Waals surface area contributed by atoms with Gasteiger partial charge >= 0.3 is 5.97 Å². The number of aryl methyl sites for hydroxylation is 1. The van der Waals surface area contributed by atoms with Crippen molar-refractivity contribution in [2.24, 2.45) is 0 Å². The number of nitrogens with one attached hydrogen (secondary N) is 1. The zero-order valence-corrected chi connectivity index (χ0v) is 14.2. The number of thiophene rings is 1. The Hall–Kier alpha value is -0.960. The molecule has 0 aromatic carbocycles. The fraction of sp³-hybridized carbons (Fsp3) is 0.615. The summed E-state index contributed by atoms with van der Waals surface area (Å²) in [5.41, 5.74) is 0.582. The number of sulfonamides is 1. The standard InChI is InChI=1S/C13H20N2O4S2/c1-8-7-20-11(13(16)19-4)12(8)21(17,18)15-6-9(2)14-5-10(15)3/h7,9-10,14H,5-6H2,1-4H3. The fourth-order valence-electron chi connectivity index (χ4n) is 2.43. The topological polar surface area (TPSA) is 75.7 Å². The number of carbonyl (C=O) groups excluding carboxylic acids is 1. The molecule has 118 valence electrons. The van der Waals surface area contributed by atoms with Gasteiger partial charge in [0, 0.05) is 25.2 Å². The predicted molar refractivity (Wildman–Crippen MR) is 81.2 cm³/mol. The average molecular weight is 332 g/mol. The second-order valence-corrected chi connectivity index (χ2v) is 8.01. The van der Waals surface area contributed by atoms with Crippen molar-refractivity contribution < 1.29 is 17.9 Å². The summed E-state index contributed by atoms with van der Waals surface area (Å²) in [4.78, 5) is 12.0. The third-order valence-electron chi connectivity index (χ3n) is 3.56. The van der Waals surface area contributed by atoms with Crippen LogP contribution in [0.2, 0.25) is 0 Å². The van der Waals surface area contributed by atoms with Gasteiger partial charge < -0.3 is 10.1 Å². The molecule has 0 saturated carbocycles. The maximum Gasteiger partial charge on any atom is 0.349 e. The zero-order valence-electron chi connectivity index (χ0n) is 12.5. The van der Waals surface area contributed by atoms with Crippen LogP contribution >= 0.6 is 11.3 Å². The smallest absolute Gasteiger partial charge is 0.349 e. The molecule has 21 heavy (non-hydrogen) atoms. The Kier molecular flexibility index (Phi) is 4.72. The Balaban J connectivity index is 2.49. The van der Waals surface area contributed by atoms with Crippen molar-refractivity contribution in [1.29, 1.82) is 0 Å². The summed E-state index contributed by atoms with van der Waals surface area (Å²) >= 11 is 1.11. The van der Waals surface area contributed by atoms with Crippen LogP contribution in [-0.2, 0) is 14.8 Å². The van der Waals surface area contributed by atoms with Crippen molar-refractivity contribution in [2.75, 3.05) is 20.2 Å². The van der Waals surface area contributed by atoms with Gasteiger partial charge in [-0.2, -0.15) is 4.31 Å². The highest BCUT2D eigenvalue weighted by Crippen LogP contribution is 2.31. The van der Waals surface area contributed by atoms with Crippen LogP contribution in [0.1, 0.15) is 29.1 Å². The number of carbonyl (C=O) groups is 1. The molecule has 6 nitrogen and oxygen atoms in total. The average Bonchev–Trinajstić information content (AvgIpc) is 2.83. The highest BCUT2D eigenvalue weighted by Gasteiger charge is 2.37. The molecule has 0 bridgehead atoms. The predicted octanol–water partition coefficient (Wildman–Crippen LogP) is 1.21. The van der Waals surface area contributed by atoms with Crippen molar-refractivity contribution in [3.05, 3.63) is 15.8 Å². The SMILES string of the molecule is COC(=O)c1scc(C)c1S(=O)(=O)N1CC(C)NCC1C. The van der Waals surface area contributed by atoms with Crippen molar-refractivity contribution in [1.82, 2.24) is 9.62 Å². The molecule has 0 aliphatic carbocycles.